The number of anilines is 2. The molecule has 0 saturated carbocycles. The lowest BCUT2D eigenvalue weighted by Crippen LogP contribution is -2.47. The lowest BCUT2D eigenvalue weighted by atomic mass is 10.2. The highest BCUT2D eigenvalue weighted by Gasteiger charge is 2.21. The molecule has 0 bridgehead atoms. The van der Waals surface area contributed by atoms with Crippen LogP contribution in [0.25, 0.3) is 0 Å². The molecule has 1 amide bonds. The Balaban J connectivity index is 1.69. The Hall–Kier alpha value is -1.82. The van der Waals surface area contributed by atoms with E-state index in [0.717, 1.165) is 31.9 Å². The van der Waals surface area contributed by atoms with Crippen LogP contribution in [-0.4, -0.2) is 53.9 Å². The molecule has 3 rings (SSSR count). The summed E-state index contributed by atoms with van der Waals surface area (Å²) in [5.41, 5.74) is 1.89. The Labute approximate surface area is 151 Å². The van der Waals surface area contributed by atoms with Gasteiger partial charge in [0.15, 0.2) is 0 Å². The molecule has 0 unspecified atom stereocenters. The average molecular weight is 365 g/mol. The van der Waals surface area contributed by atoms with Gasteiger partial charge in [-0.05, 0) is 31.3 Å². The summed E-state index contributed by atoms with van der Waals surface area (Å²) < 4.78 is 0. The van der Waals surface area contributed by atoms with Crippen LogP contribution in [0.5, 0.6) is 0 Å². The molecule has 0 spiro atoms. The number of rotatable bonds is 3. The molecule has 0 atom stereocenters. The third-order valence-corrected chi connectivity index (χ3v) is 4.82. The Morgan fingerprint density at radius 1 is 1.12 bits per heavy atom. The highest BCUT2D eigenvalue weighted by molar-refractivity contribution is 6.43. The van der Waals surface area contributed by atoms with Crippen LogP contribution < -0.4 is 5.32 Å². The van der Waals surface area contributed by atoms with E-state index in [0.29, 0.717) is 21.4 Å². The lowest BCUT2D eigenvalue weighted by Gasteiger charge is -2.32. The maximum absolute atomic E-state index is 12.5. The third kappa shape index (κ3) is 3.80. The number of halogens is 2. The SMILES string of the molecule is CN1CCN(C(=O)c2ccc(Nc3cccc(Cl)c3Cl)cn2)CC1. The molecular weight excluding hydrogens is 347 g/mol. The number of pyridine rings is 1. The first kappa shape index (κ1) is 17.0. The average Bonchev–Trinajstić information content (AvgIpc) is 2.60. The van der Waals surface area contributed by atoms with Crippen molar-refractivity contribution in [2.24, 2.45) is 0 Å². The van der Waals surface area contributed by atoms with Crippen LogP contribution >= 0.6 is 23.2 Å². The zero-order valence-electron chi connectivity index (χ0n) is 13.3. The highest BCUT2D eigenvalue weighted by atomic mass is 35.5. The second-order valence-electron chi connectivity index (χ2n) is 5.75. The van der Waals surface area contributed by atoms with Crippen molar-refractivity contribution >= 4 is 40.5 Å². The predicted molar refractivity (Wildman–Crippen MR) is 97.4 cm³/mol. The topological polar surface area (TPSA) is 48.5 Å². The molecule has 7 heteroatoms. The van der Waals surface area contributed by atoms with Gasteiger partial charge in [-0.2, -0.15) is 0 Å². The Bertz CT molecular complexity index is 728. The van der Waals surface area contributed by atoms with Gasteiger partial charge in [-0.15, -0.1) is 0 Å². The molecule has 1 N–H and O–H groups in total. The molecule has 5 nitrogen and oxygen atoms in total. The van der Waals surface area contributed by atoms with Gasteiger partial charge in [0.1, 0.15) is 5.69 Å². The van der Waals surface area contributed by atoms with Gasteiger partial charge in [0.05, 0.1) is 27.6 Å². The number of nitrogens with zero attached hydrogens (tertiary/aromatic N) is 3. The number of carbonyl (C=O) groups excluding carboxylic acids is 1. The van der Waals surface area contributed by atoms with E-state index in [9.17, 15) is 4.79 Å². The normalized spacial score (nSPS) is 15.4. The summed E-state index contributed by atoms with van der Waals surface area (Å²) >= 11 is 12.2. The van der Waals surface area contributed by atoms with E-state index in [1.807, 2.05) is 23.1 Å². The van der Waals surface area contributed by atoms with Crippen LogP contribution in [-0.2, 0) is 0 Å². The van der Waals surface area contributed by atoms with E-state index in [-0.39, 0.29) is 5.91 Å². The van der Waals surface area contributed by atoms with Gasteiger partial charge >= 0.3 is 0 Å². The zero-order valence-corrected chi connectivity index (χ0v) is 14.8. The molecule has 24 heavy (non-hydrogen) atoms. The minimum Gasteiger partial charge on any atom is -0.353 e. The Kier molecular flexibility index (Phi) is 5.23. The van der Waals surface area contributed by atoms with Gasteiger partial charge in [0.25, 0.3) is 5.91 Å². The summed E-state index contributed by atoms with van der Waals surface area (Å²) in [5.74, 6) is -0.0320. The first-order chi connectivity index (χ1) is 11.5. The van der Waals surface area contributed by atoms with Crippen molar-refractivity contribution in [1.82, 2.24) is 14.8 Å². The van der Waals surface area contributed by atoms with Gasteiger partial charge in [-0.25, -0.2) is 4.98 Å². The standard InChI is InChI=1S/C17H18Cl2N4O/c1-22-7-9-23(10-8-22)17(24)15-6-5-12(11-20-15)21-14-4-2-3-13(18)16(14)19/h2-6,11,21H,7-10H2,1H3. The van der Waals surface area contributed by atoms with Crippen molar-refractivity contribution in [2.75, 3.05) is 38.5 Å². The first-order valence-electron chi connectivity index (χ1n) is 7.69. The number of hydrogen-bond donors (Lipinski definition) is 1. The van der Waals surface area contributed by atoms with Crippen molar-refractivity contribution in [3.63, 3.8) is 0 Å². The fraction of sp³-hybridized carbons (Fsp3) is 0.294. The number of amides is 1. The Morgan fingerprint density at radius 3 is 2.54 bits per heavy atom. The summed E-state index contributed by atoms with van der Waals surface area (Å²) in [4.78, 5) is 20.8. The van der Waals surface area contributed by atoms with Crippen LogP contribution in [0.15, 0.2) is 36.5 Å². The van der Waals surface area contributed by atoms with Crippen molar-refractivity contribution in [1.29, 1.82) is 0 Å². The van der Waals surface area contributed by atoms with Gasteiger partial charge in [-0.1, -0.05) is 29.3 Å². The van der Waals surface area contributed by atoms with Gasteiger partial charge in [-0.3, -0.25) is 4.79 Å². The van der Waals surface area contributed by atoms with E-state index < -0.39 is 0 Å². The molecule has 1 saturated heterocycles. The zero-order chi connectivity index (χ0) is 17.1. The minimum absolute atomic E-state index is 0.0320. The van der Waals surface area contributed by atoms with E-state index in [1.165, 1.54) is 0 Å². The van der Waals surface area contributed by atoms with Crippen LogP contribution in [0.3, 0.4) is 0 Å². The molecular formula is C17H18Cl2N4O. The smallest absolute Gasteiger partial charge is 0.272 e. The summed E-state index contributed by atoms with van der Waals surface area (Å²) in [5, 5.41) is 4.09. The number of hydrogen-bond acceptors (Lipinski definition) is 4. The molecule has 0 radical (unpaired) electrons. The molecule has 2 heterocycles. The summed E-state index contributed by atoms with van der Waals surface area (Å²) in [6.07, 6.45) is 1.63. The third-order valence-electron chi connectivity index (χ3n) is 4.00. The number of nitrogens with one attached hydrogen (secondary N) is 1. The maximum Gasteiger partial charge on any atom is 0.272 e. The van der Waals surface area contributed by atoms with E-state index >= 15 is 0 Å². The summed E-state index contributed by atoms with van der Waals surface area (Å²) in [6.45, 7) is 3.24. The number of likely N-dealkylation sites (N-methyl/N-ethyl adjacent to an activating group) is 1. The molecule has 126 valence electrons. The van der Waals surface area contributed by atoms with Crippen LogP contribution in [0.2, 0.25) is 10.0 Å². The van der Waals surface area contributed by atoms with Crippen molar-refractivity contribution in [2.45, 2.75) is 0 Å². The minimum atomic E-state index is -0.0320. The van der Waals surface area contributed by atoms with Crippen molar-refractivity contribution in [3.8, 4) is 0 Å². The molecule has 1 fully saturated rings. The van der Waals surface area contributed by atoms with E-state index in [4.69, 9.17) is 23.2 Å². The second kappa shape index (κ2) is 7.38. The number of carbonyl (C=O) groups is 1. The van der Waals surface area contributed by atoms with Gasteiger partial charge < -0.3 is 15.1 Å². The number of piperazine rings is 1. The van der Waals surface area contributed by atoms with Crippen molar-refractivity contribution in [3.05, 3.63) is 52.3 Å². The van der Waals surface area contributed by atoms with E-state index in [2.05, 4.69) is 22.2 Å². The molecule has 1 aliphatic rings. The monoisotopic (exact) mass is 364 g/mol. The number of aromatic nitrogens is 1. The molecule has 1 aromatic heterocycles. The Morgan fingerprint density at radius 2 is 1.88 bits per heavy atom. The first-order valence-corrected chi connectivity index (χ1v) is 8.45. The summed E-state index contributed by atoms with van der Waals surface area (Å²) in [7, 11) is 2.06. The molecule has 1 aromatic carbocycles. The quantitative estimate of drug-likeness (QED) is 0.904. The number of benzene rings is 1. The van der Waals surface area contributed by atoms with Gasteiger partial charge in [0.2, 0.25) is 0 Å². The van der Waals surface area contributed by atoms with Crippen molar-refractivity contribution < 1.29 is 4.79 Å². The summed E-state index contributed by atoms with van der Waals surface area (Å²) in [6, 6.07) is 8.91. The van der Waals surface area contributed by atoms with Crippen LogP contribution in [0.4, 0.5) is 11.4 Å². The fourth-order valence-electron chi connectivity index (χ4n) is 2.52. The van der Waals surface area contributed by atoms with E-state index in [1.54, 1.807) is 18.3 Å². The van der Waals surface area contributed by atoms with Crippen LogP contribution in [0, 0.1) is 0 Å². The van der Waals surface area contributed by atoms with Crippen LogP contribution in [0.1, 0.15) is 10.5 Å². The lowest BCUT2D eigenvalue weighted by molar-refractivity contribution is 0.0658. The highest BCUT2D eigenvalue weighted by Crippen LogP contribution is 2.31. The molecule has 2 aromatic rings. The largest absolute Gasteiger partial charge is 0.353 e. The second-order valence-corrected chi connectivity index (χ2v) is 6.54. The molecule has 0 aliphatic carbocycles. The maximum atomic E-state index is 12.5. The molecule has 1 aliphatic heterocycles. The fourth-order valence-corrected chi connectivity index (χ4v) is 2.87. The van der Waals surface area contributed by atoms with Gasteiger partial charge in [0, 0.05) is 26.2 Å². The predicted octanol–water partition coefficient (Wildman–Crippen LogP) is 3.52.